The van der Waals surface area contributed by atoms with Crippen molar-refractivity contribution in [3.05, 3.63) is 60.0 Å². The lowest BCUT2D eigenvalue weighted by Gasteiger charge is -2.14. The van der Waals surface area contributed by atoms with Crippen LogP contribution < -0.4 is 14.8 Å². The van der Waals surface area contributed by atoms with Crippen LogP contribution in [0.5, 0.6) is 11.5 Å². The first-order valence-electron chi connectivity index (χ1n) is 8.08. The summed E-state index contributed by atoms with van der Waals surface area (Å²) in [7, 11) is 3.26. The van der Waals surface area contributed by atoms with E-state index in [1.807, 2.05) is 47.8 Å². The van der Waals surface area contributed by atoms with Gasteiger partial charge in [-0.25, -0.2) is 0 Å². The second-order valence-corrected chi connectivity index (χ2v) is 6.56. The molecule has 4 aromatic rings. The van der Waals surface area contributed by atoms with E-state index in [1.54, 1.807) is 25.6 Å². The van der Waals surface area contributed by atoms with Gasteiger partial charge >= 0.3 is 0 Å². The third-order valence-electron chi connectivity index (χ3n) is 4.10. The zero-order chi connectivity index (χ0) is 17.9. The van der Waals surface area contributed by atoms with Crippen molar-refractivity contribution in [3.8, 4) is 22.1 Å². The third kappa shape index (κ3) is 2.95. The van der Waals surface area contributed by atoms with Crippen molar-refractivity contribution in [1.82, 2.24) is 10.2 Å². The standard InChI is InChI=1S/C20H17N3O2S/c1-24-13-9-10-16(17(12-13)25-2)21-20-15-7-4-3-6-14(15)19(22-23-20)18-8-5-11-26-18/h3-12H,1-2H3,(H,21,23). The molecule has 0 radical (unpaired) electrons. The van der Waals surface area contributed by atoms with Gasteiger partial charge in [-0.05, 0) is 23.6 Å². The minimum absolute atomic E-state index is 0.678. The fourth-order valence-corrected chi connectivity index (χ4v) is 3.54. The van der Waals surface area contributed by atoms with E-state index < -0.39 is 0 Å². The second-order valence-electron chi connectivity index (χ2n) is 5.61. The van der Waals surface area contributed by atoms with E-state index in [9.17, 15) is 0 Å². The molecule has 0 spiro atoms. The highest BCUT2D eigenvalue weighted by molar-refractivity contribution is 7.13. The molecule has 0 amide bonds. The fourth-order valence-electron chi connectivity index (χ4n) is 2.82. The van der Waals surface area contributed by atoms with Gasteiger partial charge in [-0.15, -0.1) is 21.5 Å². The Morgan fingerprint density at radius 3 is 2.46 bits per heavy atom. The second kappa shape index (κ2) is 7.01. The summed E-state index contributed by atoms with van der Waals surface area (Å²) in [5, 5.41) is 16.3. The average Bonchev–Trinajstić information content (AvgIpc) is 3.23. The Morgan fingerprint density at radius 2 is 1.73 bits per heavy atom. The first-order chi connectivity index (χ1) is 12.8. The SMILES string of the molecule is COc1ccc(Nc2nnc(-c3cccs3)c3ccccc23)c(OC)c1. The maximum atomic E-state index is 5.47. The van der Waals surface area contributed by atoms with Crippen molar-refractivity contribution in [2.75, 3.05) is 19.5 Å². The smallest absolute Gasteiger partial charge is 0.161 e. The molecule has 0 bridgehead atoms. The van der Waals surface area contributed by atoms with Crippen LogP contribution in [-0.2, 0) is 0 Å². The molecule has 0 aliphatic rings. The summed E-state index contributed by atoms with van der Waals surface area (Å²) in [6.45, 7) is 0. The molecule has 2 aromatic carbocycles. The summed E-state index contributed by atoms with van der Waals surface area (Å²) < 4.78 is 10.7. The van der Waals surface area contributed by atoms with E-state index in [2.05, 4.69) is 27.6 Å². The van der Waals surface area contributed by atoms with Gasteiger partial charge < -0.3 is 14.8 Å². The zero-order valence-electron chi connectivity index (χ0n) is 14.4. The summed E-state index contributed by atoms with van der Waals surface area (Å²) in [5.41, 5.74) is 1.69. The van der Waals surface area contributed by atoms with Gasteiger partial charge in [0.1, 0.15) is 17.2 Å². The molecule has 0 saturated heterocycles. The molecular formula is C20H17N3O2S. The van der Waals surface area contributed by atoms with Crippen LogP contribution in [0.15, 0.2) is 60.0 Å². The molecule has 0 saturated carbocycles. The van der Waals surface area contributed by atoms with Crippen LogP contribution in [0.2, 0.25) is 0 Å². The summed E-state index contributed by atoms with van der Waals surface area (Å²) in [6, 6.07) is 17.8. The highest BCUT2D eigenvalue weighted by Crippen LogP contribution is 2.35. The van der Waals surface area contributed by atoms with Crippen molar-refractivity contribution in [2.45, 2.75) is 0 Å². The predicted molar refractivity (Wildman–Crippen MR) is 106 cm³/mol. The lowest BCUT2D eigenvalue weighted by atomic mass is 10.1. The zero-order valence-corrected chi connectivity index (χ0v) is 15.2. The molecule has 5 nitrogen and oxygen atoms in total. The van der Waals surface area contributed by atoms with E-state index in [4.69, 9.17) is 9.47 Å². The number of nitrogens with zero attached hydrogens (tertiary/aromatic N) is 2. The summed E-state index contributed by atoms with van der Waals surface area (Å²) >= 11 is 1.65. The lowest BCUT2D eigenvalue weighted by molar-refractivity contribution is 0.395. The number of hydrogen-bond donors (Lipinski definition) is 1. The van der Waals surface area contributed by atoms with Gasteiger partial charge in [0, 0.05) is 16.8 Å². The Kier molecular flexibility index (Phi) is 4.41. The number of hydrogen-bond acceptors (Lipinski definition) is 6. The summed E-state index contributed by atoms with van der Waals surface area (Å²) in [5.74, 6) is 2.10. The molecule has 130 valence electrons. The lowest BCUT2D eigenvalue weighted by Crippen LogP contribution is -2.00. The van der Waals surface area contributed by atoms with Crippen molar-refractivity contribution in [1.29, 1.82) is 0 Å². The number of nitrogens with one attached hydrogen (secondary N) is 1. The van der Waals surface area contributed by atoms with Crippen molar-refractivity contribution in [2.24, 2.45) is 0 Å². The molecule has 0 unspecified atom stereocenters. The monoisotopic (exact) mass is 363 g/mol. The van der Waals surface area contributed by atoms with Gasteiger partial charge in [-0.1, -0.05) is 30.3 Å². The highest BCUT2D eigenvalue weighted by atomic mass is 32.1. The summed E-state index contributed by atoms with van der Waals surface area (Å²) in [4.78, 5) is 1.10. The number of thiophene rings is 1. The Labute approximate surface area is 155 Å². The molecule has 26 heavy (non-hydrogen) atoms. The minimum atomic E-state index is 0.678. The van der Waals surface area contributed by atoms with Crippen molar-refractivity contribution >= 4 is 33.6 Å². The Morgan fingerprint density at radius 1 is 0.885 bits per heavy atom. The van der Waals surface area contributed by atoms with Gasteiger partial charge in [-0.3, -0.25) is 0 Å². The van der Waals surface area contributed by atoms with Gasteiger partial charge in [0.2, 0.25) is 0 Å². The molecule has 6 heteroatoms. The fraction of sp³-hybridized carbons (Fsp3) is 0.100. The highest BCUT2D eigenvalue weighted by Gasteiger charge is 2.13. The first kappa shape index (κ1) is 16.4. The van der Waals surface area contributed by atoms with Gasteiger partial charge in [0.05, 0.1) is 24.8 Å². The molecule has 4 rings (SSSR count). The normalized spacial score (nSPS) is 10.7. The molecular weight excluding hydrogens is 346 g/mol. The van der Waals surface area contributed by atoms with Gasteiger partial charge in [-0.2, -0.15) is 0 Å². The average molecular weight is 363 g/mol. The van der Waals surface area contributed by atoms with E-state index in [0.29, 0.717) is 11.6 Å². The van der Waals surface area contributed by atoms with Crippen LogP contribution in [0.4, 0.5) is 11.5 Å². The van der Waals surface area contributed by atoms with E-state index >= 15 is 0 Å². The number of benzene rings is 2. The van der Waals surface area contributed by atoms with Crippen LogP contribution in [0, 0.1) is 0 Å². The maximum absolute atomic E-state index is 5.47. The van der Waals surface area contributed by atoms with Crippen LogP contribution in [0.1, 0.15) is 0 Å². The minimum Gasteiger partial charge on any atom is -0.497 e. The first-order valence-corrected chi connectivity index (χ1v) is 8.96. The predicted octanol–water partition coefficient (Wildman–Crippen LogP) is 5.12. The number of aromatic nitrogens is 2. The molecule has 0 aliphatic heterocycles. The largest absolute Gasteiger partial charge is 0.497 e. The quantitative estimate of drug-likeness (QED) is 0.533. The molecule has 0 aliphatic carbocycles. The van der Waals surface area contributed by atoms with Crippen molar-refractivity contribution in [3.63, 3.8) is 0 Å². The van der Waals surface area contributed by atoms with Gasteiger partial charge in [0.15, 0.2) is 5.82 Å². The molecule has 2 heterocycles. The Balaban J connectivity index is 1.80. The van der Waals surface area contributed by atoms with E-state index in [1.165, 1.54) is 0 Å². The topological polar surface area (TPSA) is 56.3 Å². The number of methoxy groups -OCH3 is 2. The molecule has 1 N–H and O–H groups in total. The molecule has 0 atom stereocenters. The van der Waals surface area contributed by atoms with Crippen LogP contribution in [-0.4, -0.2) is 24.4 Å². The van der Waals surface area contributed by atoms with Crippen LogP contribution in [0.3, 0.4) is 0 Å². The van der Waals surface area contributed by atoms with Crippen LogP contribution >= 0.6 is 11.3 Å². The maximum Gasteiger partial charge on any atom is 0.161 e. The number of anilines is 2. The Bertz CT molecular complexity index is 1050. The van der Waals surface area contributed by atoms with Crippen LogP contribution in [0.25, 0.3) is 21.3 Å². The molecule has 2 aromatic heterocycles. The van der Waals surface area contributed by atoms with Gasteiger partial charge in [0.25, 0.3) is 0 Å². The number of rotatable bonds is 5. The molecule has 0 fully saturated rings. The van der Waals surface area contributed by atoms with Crippen molar-refractivity contribution < 1.29 is 9.47 Å². The van der Waals surface area contributed by atoms with E-state index in [-0.39, 0.29) is 0 Å². The van der Waals surface area contributed by atoms with E-state index in [0.717, 1.165) is 32.8 Å². The summed E-state index contributed by atoms with van der Waals surface area (Å²) in [6.07, 6.45) is 0. The number of ether oxygens (including phenoxy) is 2. The Hall–Kier alpha value is -3.12. The third-order valence-corrected chi connectivity index (χ3v) is 4.98. The number of fused-ring (bicyclic) bond motifs is 1.